The Bertz CT molecular complexity index is 359. The van der Waals surface area contributed by atoms with Crippen molar-refractivity contribution >= 4 is 12.2 Å². The first-order valence-corrected chi connectivity index (χ1v) is 5.99. The van der Waals surface area contributed by atoms with Crippen molar-refractivity contribution in [3.63, 3.8) is 0 Å². The van der Waals surface area contributed by atoms with Gasteiger partial charge in [-0.05, 0) is 55.7 Å². The van der Waals surface area contributed by atoms with Gasteiger partial charge in [0.05, 0.1) is 0 Å². The van der Waals surface area contributed by atoms with Crippen LogP contribution in [0.3, 0.4) is 0 Å². The maximum absolute atomic E-state index is 5.23. The predicted molar refractivity (Wildman–Crippen MR) is 58.6 cm³/mol. The standard InChI is InChI=1S/C11H16N2S/c14-11-12-5-6-13(11)7-10(8-1-2-8)9-3-4-9/h5-6,8-10H,1-4,7H2,(H,12,14). The molecule has 0 radical (unpaired) electrons. The Kier molecular flexibility index (Phi) is 2.01. The largest absolute Gasteiger partial charge is 0.337 e. The predicted octanol–water partition coefficient (Wildman–Crippen LogP) is 2.98. The van der Waals surface area contributed by atoms with Crippen LogP contribution in [0.1, 0.15) is 25.7 Å². The van der Waals surface area contributed by atoms with Crippen LogP contribution in [0.5, 0.6) is 0 Å². The van der Waals surface area contributed by atoms with E-state index in [0.29, 0.717) is 0 Å². The lowest BCUT2D eigenvalue weighted by molar-refractivity contribution is 0.347. The van der Waals surface area contributed by atoms with Crippen LogP contribution in [0.25, 0.3) is 0 Å². The number of imidazole rings is 1. The maximum Gasteiger partial charge on any atom is 0.177 e. The first-order valence-electron chi connectivity index (χ1n) is 5.58. The van der Waals surface area contributed by atoms with Gasteiger partial charge < -0.3 is 9.55 Å². The van der Waals surface area contributed by atoms with Crippen LogP contribution in [-0.4, -0.2) is 9.55 Å². The van der Waals surface area contributed by atoms with Crippen LogP contribution in [-0.2, 0) is 6.54 Å². The molecule has 1 N–H and O–H groups in total. The van der Waals surface area contributed by atoms with Crippen molar-refractivity contribution in [3.05, 3.63) is 17.2 Å². The van der Waals surface area contributed by atoms with Gasteiger partial charge in [0.2, 0.25) is 0 Å². The Morgan fingerprint density at radius 3 is 2.43 bits per heavy atom. The lowest BCUT2D eigenvalue weighted by Crippen LogP contribution is -2.14. The van der Waals surface area contributed by atoms with E-state index in [0.717, 1.165) is 29.1 Å². The molecular formula is C11H16N2S. The summed E-state index contributed by atoms with van der Waals surface area (Å²) in [5.74, 6) is 2.94. The number of H-pyrrole nitrogens is 1. The Labute approximate surface area is 89.3 Å². The fraction of sp³-hybridized carbons (Fsp3) is 0.727. The van der Waals surface area contributed by atoms with Crippen LogP contribution >= 0.6 is 12.2 Å². The van der Waals surface area contributed by atoms with Gasteiger partial charge in [-0.1, -0.05) is 0 Å². The molecule has 1 aromatic rings. The third-order valence-electron chi connectivity index (χ3n) is 3.58. The summed E-state index contributed by atoms with van der Waals surface area (Å²) in [6, 6.07) is 0. The average Bonchev–Trinajstić information content (AvgIpc) is 3.05. The molecule has 0 aromatic carbocycles. The summed E-state index contributed by atoms with van der Waals surface area (Å²) in [6.45, 7) is 1.15. The molecule has 2 saturated carbocycles. The Balaban J connectivity index is 1.74. The summed E-state index contributed by atoms with van der Waals surface area (Å²) in [5.41, 5.74) is 0. The van der Waals surface area contributed by atoms with Crippen LogP contribution in [0.15, 0.2) is 12.4 Å². The monoisotopic (exact) mass is 208 g/mol. The van der Waals surface area contributed by atoms with Gasteiger partial charge in [0.25, 0.3) is 0 Å². The normalized spacial score (nSPS) is 21.8. The molecule has 14 heavy (non-hydrogen) atoms. The Morgan fingerprint density at radius 1 is 1.36 bits per heavy atom. The van der Waals surface area contributed by atoms with E-state index >= 15 is 0 Å². The number of hydrogen-bond donors (Lipinski definition) is 1. The minimum absolute atomic E-state index is 0.885. The summed E-state index contributed by atoms with van der Waals surface area (Å²) in [5, 5.41) is 0. The lowest BCUT2D eigenvalue weighted by Gasteiger charge is -2.15. The van der Waals surface area contributed by atoms with E-state index in [4.69, 9.17) is 12.2 Å². The summed E-state index contributed by atoms with van der Waals surface area (Å²) in [6.07, 6.45) is 9.86. The average molecular weight is 208 g/mol. The molecule has 0 aliphatic heterocycles. The molecule has 0 unspecified atom stereocenters. The molecule has 1 heterocycles. The molecule has 0 atom stereocenters. The van der Waals surface area contributed by atoms with E-state index in [-0.39, 0.29) is 0 Å². The van der Waals surface area contributed by atoms with Crippen molar-refractivity contribution in [3.8, 4) is 0 Å². The highest BCUT2D eigenvalue weighted by atomic mass is 32.1. The summed E-state index contributed by atoms with van der Waals surface area (Å²) >= 11 is 5.23. The number of nitrogens with zero attached hydrogens (tertiary/aromatic N) is 1. The van der Waals surface area contributed by atoms with Gasteiger partial charge >= 0.3 is 0 Å². The smallest absolute Gasteiger partial charge is 0.177 e. The molecule has 0 bridgehead atoms. The minimum atomic E-state index is 0.885. The summed E-state index contributed by atoms with van der Waals surface area (Å²) in [4.78, 5) is 3.07. The van der Waals surface area contributed by atoms with Gasteiger partial charge in [0, 0.05) is 18.9 Å². The van der Waals surface area contributed by atoms with Crippen molar-refractivity contribution in [2.75, 3.05) is 0 Å². The van der Waals surface area contributed by atoms with Crippen molar-refractivity contribution in [2.45, 2.75) is 32.2 Å². The zero-order chi connectivity index (χ0) is 9.54. The van der Waals surface area contributed by atoms with Gasteiger partial charge in [-0.2, -0.15) is 0 Å². The molecule has 1 aromatic heterocycles. The van der Waals surface area contributed by atoms with Crippen molar-refractivity contribution < 1.29 is 0 Å². The molecule has 2 fully saturated rings. The maximum atomic E-state index is 5.23. The Hall–Kier alpha value is -0.570. The van der Waals surface area contributed by atoms with Crippen molar-refractivity contribution in [1.29, 1.82) is 0 Å². The molecule has 0 spiro atoms. The van der Waals surface area contributed by atoms with E-state index in [1.165, 1.54) is 25.7 Å². The van der Waals surface area contributed by atoms with Crippen molar-refractivity contribution in [1.82, 2.24) is 9.55 Å². The highest BCUT2D eigenvalue weighted by Gasteiger charge is 2.41. The molecule has 0 saturated heterocycles. The molecule has 3 rings (SSSR count). The van der Waals surface area contributed by atoms with Crippen LogP contribution in [0.2, 0.25) is 0 Å². The number of rotatable bonds is 4. The van der Waals surface area contributed by atoms with Gasteiger partial charge in [-0.3, -0.25) is 0 Å². The van der Waals surface area contributed by atoms with Crippen LogP contribution in [0.4, 0.5) is 0 Å². The zero-order valence-electron chi connectivity index (χ0n) is 8.28. The first kappa shape index (κ1) is 8.72. The highest BCUT2D eigenvalue weighted by Crippen LogP contribution is 2.49. The number of hydrogen-bond acceptors (Lipinski definition) is 1. The van der Waals surface area contributed by atoms with Gasteiger partial charge in [0.15, 0.2) is 4.77 Å². The zero-order valence-corrected chi connectivity index (χ0v) is 9.09. The van der Waals surface area contributed by atoms with E-state index in [1.807, 2.05) is 6.20 Å². The molecule has 76 valence electrons. The van der Waals surface area contributed by atoms with E-state index in [9.17, 15) is 0 Å². The summed E-state index contributed by atoms with van der Waals surface area (Å²) < 4.78 is 3.09. The second kappa shape index (κ2) is 3.23. The third kappa shape index (κ3) is 1.65. The summed E-state index contributed by atoms with van der Waals surface area (Å²) in [7, 11) is 0. The fourth-order valence-corrected chi connectivity index (χ4v) is 2.66. The highest BCUT2D eigenvalue weighted by molar-refractivity contribution is 7.71. The second-order valence-electron chi connectivity index (χ2n) is 4.76. The quantitative estimate of drug-likeness (QED) is 0.754. The lowest BCUT2D eigenvalue weighted by atomic mass is 9.98. The van der Waals surface area contributed by atoms with Crippen LogP contribution in [0, 0.1) is 22.5 Å². The molecular weight excluding hydrogens is 192 g/mol. The number of aromatic amines is 1. The Morgan fingerprint density at radius 2 is 2.00 bits per heavy atom. The molecule has 2 nitrogen and oxygen atoms in total. The minimum Gasteiger partial charge on any atom is -0.337 e. The number of nitrogens with one attached hydrogen (secondary N) is 1. The molecule has 2 aliphatic rings. The van der Waals surface area contributed by atoms with Crippen LogP contribution < -0.4 is 0 Å². The van der Waals surface area contributed by atoms with E-state index < -0.39 is 0 Å². The van der Waals surface area contributed by atoms with Gasteiger partial charge in [-0.25, -0.2) is 0 Å². The molecule has 0 amide bonds. The number of aromatic nitrogens is 2. The first-order chi connectivity index (χ1) is 6.84. The third-order valence-corrected chi connectivity index (χ3v) is 3.94. The van der Waals surface area contributed by atoms with Gasteiger partial charge in [-0.15, -0.1) is 0 Å². The fourth-order valence-electron chi connectivity index (χ4n) is 2.45. The van der Waals surface area contributed by atoms with Crippen molar-refractivity contribution in [2.24, 2.45) is 17.8 Å². The second-order valence-corrected chi connectivity index (χ2v) is 5.14. The molecule has 2 aliphatic carbocycles. The van der Waals surface area contributed by atoms with E-state index in [1.54, 1.807) is 0 Å². The topological polar surface area (TPSA) is 20.7 Å². The van der Waals surface area contributed by atoms with Gasteiger partial charge in [0.1, 0.15) is 0 Å². The van der Waals surface area contributed by atoms with E-state index in [2.05, 4.69) is 15.7 Å². The molecule has 3 heteroatoms. The SMILES string of the molecule is S=c1[nH]ccn1CC(C1CC1)C1CC1.